The zero-order valence-electron chi connectivity index (χ0n) is 16.3. The molecular formula is C20H21ClN4O4S. The summed E-state index contributed by atoms with van der Waals surface area (Å²) in [7, 11) is -2.19. The number of benzene rings is 1. The van der Waals surface area contributed by atoms with Crippen LogP contribution in [0.15, 0.2) is 47.6 Å². The number of halogens is 1. The van der Waals surface area contributed by atoms with Gasteiger partial charge in [0.25, 0.3) is 5.91 Å². The van der Waals surface area contributed by atoms with Gasteiger partial charge in [-0.05, 0) is 43.2 Å². The van der Waals surface area contributed by atoms with Crippen molar-refractivity contribution in [3.63, 3.8) is 0 Å². The van der Waals surface area contributed by atoms with E-state index in [1.165, 1.54) is 35.8 Å². The number of pyridine rings is 1. The fraction of sp³-hybridized carbons (Fsp3) is 0.300. The van der Waals surface area contributed by atoms with Gasteiger partial charge < -0.3 is 10.1 Å². The summed E-state index contributed by atoms with van der Waals surface area (Å²) in [4.78, 5) is 17.1. The van der Waals surface area contributed by atoms with Gasteiger partial charge in [-0.3, -0.25) is 9.20 Å². The number of carbonyl (C=O) groups is 1. The van der Waals surface area contributed by atoms with Crippen molar-refractivity contribution in [1.82, 2.24) is 13.7 Å². The van der Waals surface area contributed by atoms with E-state index in [9.17, 15) is 13.2 Å². The minimum absolute atomic E-state index is 0.111. The molecule has 3 aromatic rings. The summed E-state index contributed by atoms with van der Waals surface area (Å²) in [6, 6.07) is 7.80. The summed E-state index contributed by atoms with van der Waals surface area (Å²) in [6.07, 6.45) is 5.90. The molecule has 0 unspecified atom stereocenters. The highest BCUT2D eigenvalue weighted by molar-refractivity contribution is 7.89. The maximum Gasteiger partial charge on any atom is 0.292 e. The van der Waals surface area contributed by atoms with Crippen molar-refractivity contribution >= 4 is 38.7 Å². The number of nitrogens with one attached hydrogen (secondary N) is 1. The van der Waals surface area contributed by atoms with Crippen LogP contribution in [0.1, 0.15) is 29.9 Å². The van der Waals surface area contributed by atoms with Crippen LogP contribution >= 0.6 is 11.6 Å². The van der Waals surface area contributed by atoms with Gasteiger partial charge in [0.15, 0.2) is 0 Å². The molecular weight excluding hydrogens is 428 g/mol. The molecule has 0 aliphatic carbocycles. The van der Waals surface area contributed by atoms with E-state index in [-0.39, 0.29) is 16.4 Å². The van der Waals surface area contributed by atoms with E-state index in [0.29, 0.717) is 29.4 Å². The second-order valence-electron chi connectivity index (χ2n) is 7.00. The zero-order valence-corrected chi connectivity index (χ0v) is 17.9. The Morgan fingerprint density at radius 2 is 1.93 bits per heavy atom. The molecule has 30 heavy (non-hydrogen) atoms. The van der Waals surface area contributed by atoms with E-state index in [4.69, 9.17) is 16.3 Å². The third-order valence-corrected chi connectivity index (χ3v) is 7.20. The van der Waals surface area contributed by atoms with E-state index < -0.39 is 15.9 Å². The van der Waals surface area contributed by atoms with Crippen molar-refractivity contribution in [3.05, 3.63) is 53.6 Å². The molecule has 1 amide bonds. The summed E-state index contributed by atoms with van der Waals surface area (Å²) in [5, 5.41) is 3.26. The predicted octanol–water partition coefficient (Wildman–Crippen LogP) is 3.42. The molecule has 1 aliphatic heterocycles. The normalized spacial score (nSPS) is 15.3. The molecule has 4 rings (SSSR count). The maximum atomic E-state index is 13.0. The van der Waals surface area contributed by atoms with Crippen molar-refractivity contribution in [2.75, 3.05) is 25.5 Å². The van der Waals surface area contributed by atoms with Crippen LogP contribution < -0.4 is 10.1 Å². The fourth-order valence-corrected chi connectivity index (χ4v) is 5.23. The minimum Gasteiger partial charge on any atom is -0.495 e. The number of amides is 1. The second kappa shape index (κ2) is 8.25. The Kier molecular flexibility index (Phi) is 5.68. The van der Waals surface area contributed by atoms with Gasteiger partial charge in [-0.2, -0.15) is 4.31 Å². The van der Waals surface area contributed by atoms with E-state index >= 15 is 0 Å². The molecule has 1 aromatic carbocycles. The molecule has 0 bridgehead atoms. The average Bonchev–Trinajstić information content (AvgIpc) is 3.17. The first-order valence-corrected chi connectivity index (χ1v) is 11.3. The van der Waals surface area contributed by atoms with Gasteiger partial charge in [-0.1, -0.05) is 18.0 Å². The monoisotopic (exact) mass is 448 g/mol. The van der Waals surface area contributed by atoms with E-state index in [1.54, 1.807) is 22.7 Å². The lowest BCUT2D eigenvalue weighted by Crippen LogP contribution is -2.35. The lowest BCUT2D eigenvalue weighted by molar-refractivity contribution is 0.101. The quantitative estimate of drug-likeness (QED) is 0.645. The number of piperidine rings is 1. The summed E-state index contributed by atoms with van der Waals surface area (Å²) in [6.45, 7) is 0.997. The van der Waals surface area contributed by atoms with Crippen molar-refractivity contribution in [1.29, 1.82) is 0 Å². The summed E-state index contributed by atoms with van der Waals surface area (Å²) in [5.41, 5.74) is 0.923. The Hall–Kier alpha value is -2.62. The maximum absolute atomic E-state index is 13.0. The summed E-state index contributed by atoms with van der Waals surface area (Å²) >= 11 is 5.98. The molecule has 1 fully saturated rings. The molecule has 2 aromatic heterocycles. The van der Waals surface area contributed by atoms with Crippen molar-refractivity contribution in [2.45, 2.75) is 24.2 Å². The number of hydrogen-bond acceptors (Lipinski definition) is 5. The highest BCUT2D eigenvalue weighted by Gasteiger charge is 2.27. The minimum atomic E-state index is -3.65. The SMILES string of the molecule is COc1ccc(S(=O)(=O)N2CCCCC2)cc1NC(=O)c1ncc2cc(Cl)ccn12. The molecule has 158 valence electrons. The van der Waals surface area contributed by atoms with Gasteiger partial charge in [-0.15, -0.1) is 0 Å². The van der Waals surface area contributed by atoms with Gasteiger partial charge in [0.2, 0.25) is 15.8 Å². The molecule has 0 spiro atoms. The molecule has 3 heterocycles. The van der Waals surface area contributed by atoms with E-state index in [2.05, 4.69) is 10.3 Å². The van der Waals surface area contributed by atoms with Crippen LogP contribution in [0.5, 0.6) is 5.75 Å². The largest absolute Gasteiger partial charge is 0.495 e. The Bertz CT molecular complexity index is 1200. The van der Waals surface area contributed by atoms with Gasteiger partial charge in [0, 0.05) is 24.3 Å². The average molecular weight is 449 g/mol. The van der Waals surface area contributed by atoms with Crippen molar-refractivity contribution in [2.24, 2.45) is 0 Å². The molecule has 0 radical (unpaired) electrons. The highest BCUT2D eigenvalue weighted by Crippen LogP contribution is 2.30. The molecule has 1 saturated heterocycles. The van der Waals surface area contributed by atoms with Crippen LogP contribution in [-0.4, -0.2) is 48.2 Å². The van der Waals surface area contributed by atoms with Crippen LogP contribution in [0.4, 0.5) is 5.69 Å². The predicted molar refractivity (Wildman–Crippen MR) is 114 cm³/mol. The molecule has 0 saturated carbocycles. The Morgan fingerprint density at radius 1 is 1.17 bits per heavy atom. The molecule has 1 N–H and O–H groups in total. The first kappa shape index (κ1) is 20.6. The number of sulfonamides is 1. The second-order valence-corrected chi connectivity index (χ2v) is 9.38. The van der Waals surface area contributed by atoms with Crippen molar-refractivity contribution < 1.29 is 17.9 Å². The van der Waals surface area contributed by atoms with Crippen LogP contribution in [0.3, 0.4) is 0 Å². The Labute approximate surface area is 179 Å². The number of hydrogen-bond donors (Lipinski definition) is 1. The van der Waals surface area contributed by atoms with Crippen LogP contribution in [0.2, 0.25) is 5.02 Å². The highest BCUT2D eigenvalue weighted by atomic mass is 35.5. The molecule has 1 aliphatic rings. The number of fused-ring (bicyclic) bond motifs is 1. The molecule has 0 atom stereocenters. The summed E-state index contributed by atoms with van der Waals surface area (Å²) in [5.74, 6) is 0.000929. The smallest absolute Gasteiger partial charge is 0.292 e. The summed E-state index contributed by atoms with van der Waals surface area (Å²) < 4.78 is 34.4. The topological polar surface area (TPSA) is 93.0 Å². The number of rotatable bonds is 5. The lowest BCUT2D eigenvalue weighted by Gasteiger charge is -2.26. The Morgan fingerprint density at radius 3 is 2.67 bits per heavy atom. The zero-order chi connectivity index (χ0) is 21.3. The van der Waals surface area contributed by atoms with E-state index in [1.807, 2.05) is 0 Å². The number of anilines is 1. The number of imidazole rings is 1. The third-order valence-electron chi connectivity index (χ3n) is 5.07. The number of ether oxygens (including phenoxy) is 1. The lowest BCUT2D eigenvalue weighted by atomic mass is 10.2. The van der Waals surface area contributed by atoms with Crippen LogP contribution in [0, 0.1) is 0 Å². The van der Waals surface area contributed by atoms with Crippen molar-refractivity contribution in [3.8, 4) is 5.75 Å². The van der Waals surface area contributed by atoms with E-state index in [0.717, 1.165) is 19.3 Å². The third kappa shape index (κ3) is 3.88. The fourth-order valence-electron chi connectivity index (χ4n) is 3.52. The first-order valence-electron chi connectivity index (χ1n) is 9.52. The molecule has 10 heteroatoms. The van der Waals surface area contributed by atoms with Gasteiger partial charge in [0.1, 0.15) is 5.75 Å². The van der Waals surface area contributed by atoms with Gasteiger partial charge in [-0.25, -0.2) is 13.4 Å². The first-order chi connectivity index (χ1) is 14.4. The number of nitrogens with zero attached hydrogens (tertiary/aromatic N) is 3. The van der Waals surface area contributed by atoms with Gasteiger partial charge >= 0.3 is 0 Å². The Balaban J connectivity index is 1.66. The number of carbonyl (C=O) groups excluding carboxylic acids is 1. The van der Waals surface area contributed by atoms with Gasteiger partial charge in [0.05, 0.1) is 29.4 Å². The van der Waals surface area contributed by atoms with Crippen LogP contribution in [0.25, 0.3) is 5.52 Å². The number of methoxy groups -OCH3 is 1. The standard InChI is InChI=1S/C20H21ClN4O4S/c1-29-18-6-5-16(30(27,28)24-8-3-2-4-9-24)12-17(18)23-20(26)19-22-13-15-11-14(21)7-10-25(15)19/h5-7,10-13H,2-4,8-9H2,1H3,(H,23,26). The number of aromatic nitrogens is 2. The van der Waals surface area contributed by atoms with Crippen LogP contribution in [-0.2, 0) is 10.0 Å². The molecule has 8 nitrogen and oxygen atoms in total.